The Balaban J connectivity index is 1.59. The van der Waals surface area contributed by atoms with Gasteiger partial charge in [-0.3, -0.25) is 9.69 Å². The molecule has 0 N–H and O–H groups in total. The minimum absolute atomic E-state index is 0.194. The number of hydrogen-bond acceptors (Lipinski definition) is 5. The molecule has 3 heterocycles. The van der Waals surface area contributed by atoms with E-state index in [1.807, 2.05) is 23.1 Å². The third-order valence-electron chi connectivity index (χ3n) is 9.64. The van der Waals surface area contributed by atoms with E-state index in [0.717, 1.165) is 63.5 Å². The summed E-state index contributed by atoms with van der Waals surface area (Å²) in [5.41, 5.74) is 0.195. The second kappa shape index (κ2) is 11.8. The van der Waals surface area contributed by atoms with Crippen LogP contribution in [0.5, 0.6) is 0 Å². The topological polar surface area (TPSA) is 68.3 Å². The lowest BCUT2D eigenvalue weighted by molar-refractivity contribution is -0.179. The molecule has 208 valence electrons. The van der Waals surface area contributed by atoms with Gasteiger partial charge in [0.05, 0.1) is 38.5 Å². The number of carbonyl (C=O) groups excluding carboxylic acids is 2. The third-order valence-corrected chi connectivity index (χ3v) is 9.64. The zero-order chi connectivity index (χ0) is 26.6. The summed E-state index contributed by atoms with van der Waals surface area (Å²) in [6.07, 6.45) is 12.9. The minimum Gasteiger partial charge on any atom is -0.453 e. The van der Waals surface area contributed by atoms with E-state index in [9.17, 15) is 9.59 Å². The van der Waals surface area contributed by atoms with Gasteiger partial charge in [-0.25, -0.2) is 4.79 Å². The van der Waals surface area contributed by atoms with Gasteiger partial charge in [-0.1, -0.05) is 55.3 Å². The van der Waals surface area contributed by atoms with Gasteiger partial charge in [-0.2, -0.15) is 0 Å². The second-order valence-corrected chi connectivity index (χ2v) is 11.8. The van der Waals surface area contributed by atoms with Crippen LogP contribution in [0.15, 0.2) is 42.5 Å². The molecule has 0 radical (unpaired) electrons. The maximum absolute atomic E-state index is 13.9. The zero-order valence-electron chi connectivity index (χ0n) is 23.1. The molecule has 5 rings (SSSR count). The molecule has 7 nitrogen and oxygen atoms in total. The van der Waals surface area contributed by atoms with E-state index in [0.29, 0.717) is 38.7 Å². The number of likely N-dealkylation sites (tertiary alicyclic amines) is 1. The van der Waals surface area contributed by atoms with E-state index in [1.54, 1.807) is 7.11 Å². The predicted octanol–water partition coefficient (Wildman–Crippen LogP) is 5.19. The van der Waals surface area contributed by atoms with E-state index in [2.05, 4.69) is 29.2 Å². The Kier molecular flexibility index (Phi) is 8.44. The Morgan fingerprint density at radius 3 is 2.66 bits per heavy atom. The van der Waals surface area contributed by atoms with Crippen LogP contribution >= 0.6 is 0 Å². The summed E-state index contributed by atoms with van der Waals surface area (Å²) < 4.78 is 17.8. The first-order valence-electron chi connectivity index (χ1n) is 14.5. The maximum Gasteiger partial charge on any atom is 0.410 e. The summed E-state index contributed by atoms with van der Waals surface area (Å²) >= 11 is 0. The highest BCUT2D eigenvalue weighted by molar-refractivity contribution is 5.78. The summed E-state index contributed by atoms with van der Waals surface area (Å²) in [5, 5.41) is 0. The van der Waals surface area contributed by atoms with Crippen LogP contribution in [0, 0.1) is 17.3 Å². The molecule has 1 saturated carbocycles. The molecule has 0 spiro atoms. The Hall–Kier alpha value is -2.38. The van der Waals surface area contributed by atoms with Crippen molar-refractivity contribution in [2.75, 3.05) is 40.5 Å². The molecule has 1 aromatic rings. The molecule has 0 aromatic heterocycles. The third kappa shape index (κ3) is 4.88. The number of allylic oxidation sites excluding steroid dienone is 2. The van der Waals surface area contributed by atoms with E-state index in [-0.39, 0.29) is 29.4 Å². The Morgan fingerprint density at radius 1 is 1.05 bits per heavy atom. The molecule has 38 heavy (non-hydrogen) atoms. The van der Waals surface area contributed by atoms with E-state index in [1.165, 1.54) is 7.11 Å². The number of methoxy groups -OCH3 is 2. The predicted molar refractivity (Wildman–Crippen MR) is 145 cm³/mol. The van der Waals surface area contributed by atoms with Crippen molar-refractivity contribution < 1.29 is 23.8 Å². The van der Waals surface area contributed by atoms with Crippen LogP contribution in [0.25, 0.3) is 0 Å². The molecule has 4 bridgehead atoms. The monoisotopic (exact) mass is 524 g/mol. The van der Waals surface area contributed by atoms with Crippen molar-refractivity contribution in [3.05, 3.63) is 48.0 Å². The lowest BCUT2D eigenvalue weighted by Gasteiger charge is -2.63. The zero-order valence-corrected chi connectivity index (χ0v) is 23.1. The molecule has 3 fully saturated rings. The van der Waals surface area contributed by atoms with Crippen LogP contribution < -0.4 is 0 Å². The second-order valence-electron chi connectivity index (χ2n) is 11.8. The Morgan fingerprint density at radius 2 is 1.87 bits per heavy atom. The smallest absolute Gasteiger partial charge is 0.410 e. The van der Waals surface area contributed by atoms with Crippen molar-refractivity contribution in [2.45, 2.75) is 76.0 Å². The highest BCUT2D eigenvalue weighted by atomic mass is 16.5. The minimum atomic E-state index is -0.622. The summed E-state index contributed by atoms with van der Waals surface area (Å²) in [7, 11) is 3.17. The van der Waals surface area contributed by atoms with Crippen molar-refractivity contribution in [3.8, 4) is 0 Å². The van der Waals surface area contributed by atoms with Gasteiger partial charge in [0.15, 0.2) is 0 Å². The first kappa shape index (κ1) is 27.2. The van der Waals surface area contributed by atoms with E-state index >= 15 is 0 Å². The van der Waals surface area contributed by atoms with Crippen LogP contribution in [0.1, 0.15) is 63.4 Å². The summed E-state index contributed by atoms with van der Waals surface area (Å²) in [4.78, 5) is 31.3. The van der Waals surface area contributed by atoms with Crippen LogP contribution in [0.2, 0.25) is 0 Å². The van der Waals surface area contributed by atoms with Gasteiger partial charge in [0.1, 0.15) is 0 Å². The molecule has 3 aliphatic heterocycles. The lowest BCUT2D eigenvalue weighted by Crippen LogP contribution is -2.76. The molecule has 5 atom stereocenters. The maximum atomic E-state index is 13.9. The molecule has 0 unspecified atom stereocenters. The van der Waals surface area contributed by atoms with Gasteiger partial charge in [-0.05, 0) is 55.9 Å². The van der Waals surface area contributed by atoms with Crippen molar-refractivity contribution in [1.82, 2.24) is 9.80 Å². The van der Waals surface area contributed by atoms with Crippen LogP contribution in [0.3, 0.4) is 0 Å². The van der Waals surface area contributed by atoms with Crippen LogP contribution in [-0.4, -0.2) is 73.9 Å². The lowest BCUT2D eigenvalue weighted by atomic mass is 9.52. The fraction of sp³-hybridized carbons (Fsp3) is 0.677. The van der Waals surface area contributed by atoms with E-state index in [4.69, 9.17) is 14.2 Å². The van der Waals surface area contributed by atoms with Gasteiger partial charge in [-0.15, -0.1) is 0 Å². The number of carbonyl (C=O) groups is 2. The fourth-order valence-electron chi connectivity index (χ4n) is 8.28. The molecule has 2 amide bonds. The molecule has 1 aromatic carbocycles. The van der Waals surface area contributed by atoms with Gasteiger partial charge < -0.3 is 19.1 Å². The fourth-order valence-corrected chi connectivity index (χ4v) is 8.28. The molecule has 2 saturated heterocycles. The SMILES string of the molecule is COC[C@@]12[C@@H]3CCN4C(=O)CCCCCC/C=C/C[C@@](COCc5ccccc5)(C[C@H]3CN1C(=O)OC)[C@H]42. The normalized spacial score (nSPS) is 34.2. The molecular weight excluding hydrogens is 480 g/mol. The summed E-state index contributed by atoms with van der Waals surface area (Å²) in [6, 6.07) is 10.1. The summed E-state index contributed by atoms with van der Waals surface area (Å²) in [6.45, 7) is 2.82. The number of rotatable bonds is 6. The average molecular weight is 525 g/mol. The van der Waals surface area contributed by atoms with Gasteiger partial charge in [0, 0.05) is 32.0 Å². The molecule has 7 heteroatoms. The first-order chi connectivity index (χ1) is 18.6. The van der Waals surface area contributed by atoms with Gasteiger partial charge >= 0.3 is 6.09 Å². The Bertz CT molecular complexity index is 999. The highest BCUT2D eigenvalue weighted by Gasteiger charge is 2.72. The van der Waals surface area contributed by atoms with Gasteiger partial charge in [0.2, 0.25) is 5.91 Å². The number of amides is 2. The quantitative estimate of drug-likeness (QED) is 0.479. The summed E-state index contributed by atoms with van der Waals surface area (Å²) in [5.74, 6) is 0.800. The van der Waals surface area contributed by atoms with Crippen LogP contribution in [-0.2, 0) is 25.6 Å². The first-order valence-corrected chi connectivity index (χ1v) is 14.5. The highest BCUT2D eigenvalue weighted by Crippen LogP contribution is 2.62. The Labute approximate surface area is 227 Å². The largest absolute Gasteiger partial charge is 0.453 e. The van der Waals surface area contributed by atoms with E-state index < -0.39 is 5.54 Å². The number of hydrogen-bond donors (Lipinski definition) is 0. The number of nitrogens with zero attached hydrogens (tertiary/aromatic N) is 2. The molecule has 1 aliphatic carbocycles. The van der Waals surface area contributed by atoms with Crippen molar-refractivity contribution in [1.29, 1.82) is 0 Å². The molecular formula is C31H44N2O5. The van der Waals surface area contributed by atoms with Crippen molar-refractivity contribution in [3.63, 3.8) is 0 Å². The van der Waals surface area contributed by atoms with Crippen molar-refractivity contribution >= 4 is 12.0 Å². The van der Waals surface area contributed by atoms with Gasteiger partial charge in [0.25, 0.3) is 0 Å². The van der Waals surface area contributed by atoms with Crippen LogP contribution in [0.4, 0.5) is 4.79 Å². The number of piperidine rings is 1. The number of benzene rings is 1. The standard InChI is InChI=1S/C31H44N2O5/c1-36-23-31-26-16-18-32-27(34)15-11-6-4-3-5-7-12-17-30(28(31)32,19-25(26)20-33(31)29(35)37-2)22-38-21-24-13-9-8-10-14-24/h7-10,12-14,25-26,28H,3-6,11,15-23H2,1-2H3/b12-7+/t25-,26+,28-,30-,31-/m0/s1. The number of ether oxygens (including phenoxy) is 3. The van der Waals surface area contributed by atoms with Crippen molar-refractivity contribution in [2.24, 2.45) is 17.3 Å². The molecule has 4 aliphatic rings. The average Bonchev–Trinajstić information content (AvgIpc) is 3.17.